The van der Waals surface area contributed by atoms with Crippen LogP contribution in [0.1, 0.15) is 29.0 Å². The van der Waals surface area contributed by atoms with Crippen molar-refractivity contribution >= 4 is 33.8 Å². The van der Waals surface area contributed by atoms with Gasteiger partial charge in [-0.25, -0.2) is 0 Å². The second-order valence-electron chi connectivity index (χ2n) is 8.94. The maximum absolute atomic E-state index is 13.4. The molecule has 1 fully saturated rings. The highest BCUT2D eigenvalue weighted by molar-refractivity contribution is 7.08. The Morgan fingerprint density at radius 2 is 1.80 bits per heavy atom. The van der Waals surface area contributed by atoms with Gasteiger partial charge < -0.3 is 14.4 Å². The lowest BCUT2D eigenvalue weighted by atomic mass is 9.89. The van der Waals surface area contributed by atoms with Crippen molar-refractivity contribution in [2.75, 3.05) is 31.1 Å². The molecule has 8 heteroatoms. The van der Waals surface area contributed by atoms with Crippen LogP contribution >= 0.6 is 11.3 Å². The lowest BCUT2D eigenvalue weighted by molar-refractivity contribution is -0.137. The monoisotopic (exact) mass is 497 g/mol. The number of thiophene rings is 1. The zero-order valence-corrected chi connectivity index (χ0v) is 20.1. The summed E-state index contributed by atoms with van der Waals surface area (Å²) in [6.45, 7) is 1.98. The van der Waals surface area contributed by atoms with Gasteiger partial charge in [-0.15, -0.1) is 0 Å². The first-order valence-corrected chi connectivity index (χ1v) is 12.5. The number of rotatable bonds is 5. The molecule has 4 nitrogen and oxygen atoms in total. The number of halogens is 3. The zero-order chi connectivity index (χ0) is 24.6. The standard InChI is InChI=1S/C27H26F3N3OS/c1-31-17-24(22-7-2-3-8-25(22)31)23(19-9-14-35-18-19)16-26(34)33-12-10-32(11-13-33)21-6-4-5-20(15-21)27(28,29)30/h2-9,14-15,17-18,23H,10-13,16H2,1H3. The fraction of sp³-hybridized carbons (Fsp3) is 0.296. The van der Waals surface area contributed by atoms with E-state index >= 15 is 0 Å². The number of hydrogen-bond acceptors (Lipinski definition) is 3. The predicted octanol–water partition coefficient (Wildman–Crippen LogP) is 6.13. The zero-order valence-electron chi connectivity index (χ0n) is 19.3. The highest BCUT2D eigenvalue weighted by Crippen LogP contribution is 2.36. The van der Waals surface area contributed by atoms with Crippen LogP contribution < -0.4 is 4.90 Å². The number of piperazine rings is 1. The summed E-state index contributed by atoms with van der Waals surface area (Å²) in [5, 5.41) is 5.28. The smallest absolute Gasteiger partial charge is 0.368 e. The molecule has 0 saturated carbocycles. The van der Waals surface area contributed by atoms with E-state index in [-0.39, 0.29) is 11.8 Å². The van der Waals surface area contributed by atoms with Crippen LogP contribution in [0.3, 0.4) is 0 Å². The number of alkyl halides is 3. The summed E-state index contributed by atoms with van der Waals surface area (Å²) in [6.07, 6.45) is -1.90. The number of anilines is 1. The summed E-state index contributed by atoms with van der Waals surface area (Å²) in [5.74, 6) is 0.0131. The number of fused-ring (bicyclic) bond motifs is 1. The maximum atomic E-state index is 13.4. The van der Waals surface area contributed by atoms with E-state index in [0.29, 0.717) is 38.3 Å². The normalized spacial score (nSPS) is 15.5. The highest BCUT2D eigenvalue weighted by atomic mass is 32.1. The van der Waals surface area contributed by atoms with Crippen LogP contribution in [0.15, 0.2) is 71.6 Å². The third-order valence-corrected chi connectivity index (χ3v) is 7.50. The predicted molar refractivity (Wildman–Crippen MR) is 134 cm³/mol. The van der Waals surface area contributed by atoms with Crippen LogP contribution in [-0.4, -0.2) is 41.6 Å². The van der Waals surface area contributed by atoms with Crippen molar-refractivity contribution in [2.45, 2.75) is 18.5 Å². The fourth-order valence-electron chi connectivity index (χ4n) is 4.93. The van der Waals surface area contributed by atoms with Gasteiger partial charge in [0.05, 0.1) is 5.56 Å². The van der Waals surface area contributed by atoms with Crippen molar-refractivity contribution in [3.05, 3.63) is 88.2 Å². The molecule has 1 aliphatic heterocycles. The van der Waals surface area contributed by atoms with Gasteiger partial charge in [-0.1, -0.05) is 24.3 Å². The Balaban J connectivity index is 1.31. The molecule has 1 saturated heterocycles. The molecule has 1 unspecified atom stereocenters. The number of aromatic nitrogens is 1. The van der Waals surface area contributed by atoms with Gasteiger partial charge in [0.15, 0.2) is 0 Å². The fourth-order valence-corrected chi connectivity index (χ4v) is 5.64. The first-order chi connectivity index (χ1) is 16.8. The van der Waals surface area contributed by atoms with E-state index in [1.807, 2.05) is 34.4 Å². The number of benzene rings is 2. The van der Waals surface area contributed by atoms with Gasteiger partial charge in [0, 0.05) is 68.4 Å². The Morgan fingerprint density at radius 3 is 2.51 bits per heavy atom. The molecule has 0 spiro atoms. The minimum atomic E-state index is -4.37. The molecule has 1 amide bonds. The summed E-state index contributed by atoms with van der Waals surface area (Å²) in [4.78, 5) is 17.2. The van der Waals surface area contributed by atoms with E-state index in [1.165, 1.54) is 12.1 Å². The van der Waals surface area contributed by atoms with Gasteiger partial charge in [0.25, 0.3) is 0 Å². The number of carbonyl (C=O) groups excluding carboxylic acids is 1. The maximum Gasteiger partial charge on any atom is 0.416 e. The molecule has 5 rings (SSSR count). The summed E-state index contributed by atoms with van der Waals surface area (Å²) in [6, 6.07) is 15.7. The third-order valence-electron chi connectivity index (χ3n) is 6.80. The second-order valence-corrected chi connectivity index (χ2v) is 9.72. The molecular formula is C27H26F3N3OS. The number of para-hydroxylation sites is 1. The Morgan fingerprint density at radius 1 is 1.03 bits per heavy atom. The van der Waals surface area contributed by atoms with Crippen molar-refractivity contribution in [1.82, 2.24) is 9.47 Å². The average molecular weight is 498 g/mol. The molecular weight excluding hydrogens is 471 g/mol. The van der Waals surface area contributed by atoms with E-state index < -0.39 is 11.7 Å². The summed E-state index contributed by atoms with van der Waals surface area (Å²) < 4.78 is 41.4. The molecule has 0 N–H and O–H groups in total. The summed E-state index contributed by atoms with van der Waals surface area (Å²) in [5.41, 5.74) is 3.28. The minimum absolute atomic E-state index is 0.0543. The molecule has 182 valence electrons. The summed E-state index contributed by atoms with van der Waals surface area (Å²) >= 11 is 1.62. The van der Waals surface area contributed by atoms with Crippen molar-refractivity contribution in [2.24, 2.45) is 7.05 Å². The second kappa shape index (κ2) is 9.41. The lowest BCUT2D eigenvalue weighted by Crippen LogP contribution is -2.49. The van der Waals surface area contributed by atoms with Gasteiger partial charge >= 0.3 is 6.18 Å². The lowest BCUT2D eigenvalue weighted by Gasteiger charge is -2.37. The highest BCUT2D eigenvalue weighted by Gasteiger charge is 2.32. The third kappa shape index (κ3) is 4.80. The molecule has 3 heterocycles. The Bertz CT molecular complexity index is 1320. The summed E-state index contributed by atoms with van der Waals surface area (Å²) in [7, 11) is 2.02. The minimum Gasteiger partial charge on any atom is -0.368 e. The molecule has 0 bridgehead atoms. The molecule has 35 heavy (non-hydrogen) atoms. The van der Waals surface area contributed by atoms with Gasteiger partial charge in [0.1, 0.15) is 0 Å². The molecule has 2 aromatic heterocycles. The number of aryl methyl sites for hydroxylation is 1. The molecule has 4 aromatic rings. The number of carbonyl (C=O) groups is 1. The first-order valence-electron chi connectivity index (χ1n) is 11.6. The van der Waals surface area contributed by atoms with Crippen molar-refractivity contribution in [3.63, 3.8) is 0 Å². The van der Waals surface area contributed by atoms with E-state index in [1.54, 1.807) is 17.4 Å². The first kappa shape index (κ1) is 23.5. The van der Waals surface area contributed by atoms with Crippen LogP contribution in [0.5, 0.6) is 0 Å². The quantitative estimate of drug-likeness (QED) is 0.332. The SMILES string of the molecule is Cn1cc(C(CC(=O)N2CCN(c3cccc(C(F)(F)F)c3)CC2)c2ccsc2)c2ccccc21. The van der Waals surface area contributed by atoms with Gasteiger partial charge in [0.2, 0.25) is 5.91 Å². The average Bonchev–Trinajstić information content (AvgIpc) is 3.51. The van der Waals surface area contributed by atoms with Crippen LogP contribution in [0.2, 0.25) is 0 Å². The molecule has 2 aromatic carbocycles. The van der Waals surface area contributed by atoms with Gasteiger partial charge in [-0.05, 0) is 52.2 Å². The van der Waals surface area contributed by atoms with E-state index in [4.69, 9.17) is 0 Å². The van der Waals surface area contributed by atoms with Crippen molar-refractivity contribution < 1.29 is 18.0 Å². The van der Waals surface area contributed by atoms with E-state index in [2.05, 4.69) is 34.3 Å². The van der Waals surface area contributed by atoms with Crippen LogP contribution in [0.4, 0.5) is 18.9 Å². The molecule has 1 aliphatic rings. The topological polar surface area (TPSA) is 28.5 Å². The number of hydrogen-bond donors (Lipinski definition) is 0. The van der Waals surface area contributed by atoms with Gasteiger partial charge in [-0.3, -0.25) is 4.79 Å². The van der Waals surface area contributed by atoms with Crippen LogP contribution in [-0.2, 0) is 18.0 Å². The van der Waals surface area contributed by atoms with E-state index in [0.717, 1.165) is 28.1 Å². The van der Waals surface area contributed by atoms with Crippen LogP contribution in [0.25, 0.3) is 10.9 Å². The van der Waals surface area contributed by atoms with Gasteiger partial charge in [-0.2, -0.15) is 24.5 Å². The molecule has 0 aliphatic carbocycles. The van der Waals surface area contributed by atoms with Crippen molar-refractivity contribution in [3.8, 4) is 0 Å². The Kier molecular flexibility index (Phi) is 6.32. The largest absolute Gasteiger partial charge is 0.416 e. The van der Waals surface area contributed by atoms with E-state index in [9.17, 15) is 18.0 Å². The molecule has 1 atom stereocenters. The Labute approximate surface area is 206 Å². The molecule has 0 radical (unpaired) electrons. The number of amides is 1. The van der Waals surface area contributed by atoms with Crippen molar-refractivity contribution in [1.29, 1.82) is 0 Å². The Hall–Kier alpha value is -3.26. The number of nitrogens with zero attached hydrogens (tertiary/aromatic N) is 3. The van der Waals surface area contributed by atoms with Crippen LogP contribution in [0, 0.1) is 0 Å².